The van der Waals surface area contributed by atoms with Gasteiger partial charge in [-0.05, 0) is 19.4 Å². The van der Waals surface area contributed by atoms with Gasteiger partial charge >= 0.3 is 0 Å². The van der Waals surface area contributed by atoms with Crippen LogP contribution in [0.15, 0.2) is 30.3 Å². The third-order valence-electron chi connectivity index (χ3n) is 3.38. The lowest BCUT2D eigenvalue weighted by Gasteiger charge is -2.35. The number of likely N-dealkylation sites (N-methyl/N-ethyl adjacent to an activating group) is 1. The highest BCUT2D eigenvalue weighted by molar-refractivity contribution is 5.15. The highest BCUT2D eigenvalue weighted by Gasteiger charge is 2.21. The number of nitrogens with zero attached hydrogens (tertiary/aromatic N) is 1. The van der Waals surface area contributed by atoms with Gasteiger partial charge in [0.2, 0.25) is 0 Å². The summed E-state index contributed by atoms with van der Waals surface area (Å²) in [6.45, 7) is 5.77. The van der Waals surface area contributed by atoms with Crippen LogP contribution in [0.5, 0.6) is 0 Å². The van der Waals surface area contributed by atoms with Crippen LogP contribution >= 0.6 is 0 Å². The summed E-state index contributed by atoms with van der Waals surface area (Å²) >= 11 is 0. The first-order valence-electron chi connectivity index (χ1n) is 5.43. The van der Waals surface area contributed by atoms with E-state index in [0.29, 0.717) is 6.04 Å². The zero-order chi connectivity index (χ0) is 10.6. The first-order chi connectivity index (χ1) is 6.56. The summed E-state index contributed by atoms with van der Waals surface area (Å²) in [5.74, 6) is 0. The molecule has 0 radical (unpaired) electrons. The van der Waals surface area contributed by atoms with E-state index < -0.39 is 0 Å². The van der Waals surface area contributed by atoms with E-state index in [0.717, 1.165) is 4.48 Å². The Labute approximate surface area is 88.0 Å². The zero-order valence-electron chi connectivity index (χ0n) is 9.83. The van der Waals surface area contributed by atoms with Gasteiger partial charge in [-0.25, -0.2) is 0 Å². The van der Waals surface area contributed by atoms with Crippen LogP contribution in [0.3, 0.4) is 0 Å². The van der Waals surface area contributed by atoms with Crippen LogP contribution in [0.2, 0.25) is 0 Å². The van der Waals surface area contributed by atoms with E-state index in [9.17, 15) is 0 Å². The molecule has 0 spiro atoms. The Morgan fingerprint density at radius 3 is 2.21 bits per heavy atom. The Bertz CT molecular complexity index is 264. The van der Waals surface area contributed by atoms with Gasteiger partial charge in [0.1, 0.15) is 0 Å². The molecule has 78 valence electrons. The molecule has 1 aromatic rings. The molecule has 1 rings (SSSR count). The van der Waals surface area contributed by atoms with Crippen LogP contribution in [0.1, 0.15) is 19.4 Å². The highest BCUT2D eigenvalue weighted by Crippen LogP contribution is 2.12. The van der Waals surface area contributed by atoms with E-state index in [2.05, 4.69) is 58.3 Å². The van der Waals surface area contributed by atoms with Gasteiger partial charge in [0.15, 0.2) is 0 Å². The van der Waals surface area contributed by atoms with E-state index in [1.807, 2.05) is 0 Å². The van der Waals surface area contributed by atoms with Crippen molar-refractivity contribution in [3.05, 3.63) is 35.9 Å². The lowest BCUT2D eigenvalue weighted by atomic mass is 10.1. The molecule has 0 bridgehead atoms. The minimum atomic E-state index is 0.683. The molecule has 14 heavy (non-hydrogen) atoms. The number of benzene rings is 1. The van der Waals surface area contributed by atoms with E-state index in [1.165, 1.54) is 18.5 Å². The fraction of sp³-hybridized carbons (Fsp3) is 0.538. The molecule has 0 fully saturated rings. The summed E-state index contributed by atoms with van der Waals surface area (Å²) in [5, 5.41) is 0. The van der Waals surface area contributed by atoms with Crippen molar-refractivity contribution in [1.29, 1.82) is 0 Å². The predicted octanol–water partition coefficient (Wildman–Crippen LogP) is 2.71. The summed E-state index contributed by atoms with van der Waals surface area (Å²) in [5.41, 5.74) is 1.44. The van der Waals surface area contributed by atoms with E-state index in [1.54, 1.807) is 0 Å². The molecule has 0 aromatic heterocycles. The molecule has 0 saturated heterocycles. The van der Waals surface area contributed by atoms with Crippen LogP contribution in [-0.4, -0.2) is 31.2 Å². The standard InChI is InChI=1S/C13H22N/c1-5-14(3,4)12(2)11-13-9-7-6-8-10-13/h6-10,12H,5,11H2,1-4H3/q+1. The van der Waals surface area contributed by atoms with Crippen molar-refractivity contribution >= 4 is 0 Å². The van der Waals surface area contributed by atoms with E-state index in [4.69, 9.17) is 0 Å². The van der Waals surface area contributed by atoms with Crippen molar-refractivity contribution < 1.29 is 4.48 Å². The summed E-state index contributed by atoms with van der Waals surface area (Å²) in [6, 6.07) is 11.4. The third-order valence-corrected chi connectivity index (χ3v) is 3.38. The molecule has 1 aromatic carbocycles. The average molecular weight is 192 g/mol. The van der Waals surface area contributed by atoms with E-state index >= 15 is 0 Å². The van der Waals surface area contributed by atoms with Gasteiger partial charge in [0.25, 0.3) is 0 Å². The maximum Gasteiger partial charge on any atom is 0.0898 e. The monoisotopic (exact) mass is 192 g/mol. The van der Waals surface area contributed by atoms with Crippen molar-refractivity contribution in [3.63, 3.8) is 0 Å². The molecule has 0 N–H and O–H groups in total. The van der Waals surface area contributed by atoms with Crippen molar-refractivity contribution in [2.75, 3.05) is 20.6 Å². The van der Waals surface area contributed by atoms with Crippen LogP contribution in [-0.2, 0) is 6.42 Å². The largest absolute Gasteiger partial charge is 0.326 e. The van der Waals surface area contributed by atoms with Crippen molar-refractivity contribution in [1.82, 2.24) is 0 Å². The molecular weight excluding hydrogens is 170 g/mol. The Balaban J connectivity index is 2.62. The molecule has 0 saturated carbocycles. The minimum Gasteiger partial charge on any atom is -0.326 e. The zero-order valence-corrected chi connectivity index (χ0v) is 9.83. The van der Waals surface area contributed by atoms with Gasteiger partial charge in [-0.15, -0.1) is 0 Å². The molecule has 0 amide bonds. The molecule has 1 nitrogen and oxygen atoms in total. The number of hydrogen-bond donors (Lipinski definition) is 0. The van der Waals surface area contributed by atoms with Crippen LogP contribution in [0.4, 0.5) is 0 Å². The van der Waals surface area contributed by atoms with Crippen molar-refractivity contribution in [2.45, 2.75) is 26.3 Å². The number of quaternary nitrogens is 1. The van der Waals surface area contributed by atoms with Gasteiger partial charge in [-0.1, -0.05) is 30.3 Å². The quantitative estimate of drug-likeness (QED) is 0.643. The van der Waals surface area contributed by atoms with Gasteiger partial charge in [-0.3, -0.25) is 0 Å². The summed E-state index contributed by atoms with van der Waals surface area (Å²) < 4.78 is 1.09. The highest BCUT2D eigenvalue weighted by atomic mass is 15.3. The van der Waals surface area contributed by atoms with Crippen molar-refractivity contribution in [2.24, 2.45) is 0 Å². The minimum absolute atomic E-state index is 0.683. The SMILES string of the molecule is CC[N+](C)(C)C(C)Cc1ccccc1. The fourth-order valence-electron chi connectivity index (χ4n) is 1.51. The van der Waals surface area contributed by atoms with E-state index in [-0.39, 0.29) is 0 Å². The average Bonchev–Trinajstić information content (AvgIpc) is 2.19. The second kappa shape index (κ2) is 4.61. The normalized spacial score (nSPS) is 14.0. The molecule has 1 atom stereocenters. The number of rotatable bonds is 4. The Morgan fingerprint density at radius 2 is 1.71 bits per heavy atom. The third kappa shape index (κ3) is 2.85. The van der Waals surface area contributed by atoms with Gasteiger partial charge < -0.3 is 4.48 Å². The number of hydrogen-bond acceptors (Lipinski definition) is 0. The summed E-state index contributed by atoms with van der Waals surface area (Å²) in [6.07, 6.45) is 1.17. The summed E-state index contributed by atoms with van der Waals surface area (Å²) in [7, 11) is 4.60. The van der Waals surface area contributed by atoms with Crippen LogP contribution < -0.4 is 0 Å². The maximum absolute atomic E-state index is 2.33. The molecular formula is C13H22N+. The Morgan fingerprint density at radius 1 is 1.14 bits per heavy atom. The maximum atomic E-state index is 2.33. The molecule has 0 aliphatic rings. The lowest BCUT2D eigenvalue weighted by molar-refractivity contribution is -0.911. The molecule has 0 aliphatic carbocycles. The van der Waals surface area contributed by atoms with Crippen LogP contribution in [0, 0.1) is 0 Å². The molecule has 0 heterocycles. The smallest absolute Gasteiger partial charge is 0.0898 e. The molecule has 1 heteroatoms. The van der Waals surface area contributed by atoms with Crippen LogP contribution in [0.25, 0.3) is 0 Å². The van der Waals surface area contributed by atoms with Gasteiger partial charge in [-0.2, -0.15) is 0 Å². The Hall–Kier alpha value is -0.820. The fourth-order valence-corrected chi connectivity index (χ4v) is 1.51. The van der Waals surface area contributed by atoms with Gasteiger partial charge in [0, 0.05) is 6.42 Å². The van der Waals surface area contributed by atoms with Crippen molar-refractivity contribution in [3.8, 4) is 0 Å². The second-order valence-electron chi connectivity index (χ2n) is 4.63. The summed E-state index contributed by atoms with van der Waals surface area (Å²) in [4.78, 5) is 0. The first kappa shape index (κ1) is 11.3. The predicted molar refractivity (Wildman–Crippen MR) is 62.3 cm³/mol. The second-order valence-corrected chi connectivity index (χ2v) is 4.63. The lowest BCUT2D eigenvalue weighted by Crippen LogP contribution is -2.48. The molecule has 1 unspecified atom stereocenters. The topological polar surface area (TPSA) is 0 Å². The first-order valence-corrected chi connectivity index (χ1v) is 5.43. The van der Waals surface area contributed by atoms with Gasteiger partial charge in [0.05, 0.1) is 26.7 Å². The molecule has 0 aliphatic heterocycles. The Kier molecular flexibility index (Phi) is 3.70.